The Labute approximate surface area is 137 Å². The van der Waals surface area contributed by atoms with Gasteiger partial charge in [-0.25, -0.2) is 0 Å². The Morgan fingerprint density at radius 1 is 1.19 bits per heavy atom. The lowest BCUT2D eigenvalue weighted by molar-refractivity contribution is 0.267. The minimum atomic E-state index is 0. The first-order chi connectivity index (χ1) is 9.40. The Bertz CT molecular complexity index is 563. The summed E-state index contributed by atoms with van der Waals surface area (Å²) in [6, 6.07) is 10.5. The standard InChI is InChI=1S/C16H18N2O.2ClH/c1-17-11-13-7-10-19-16-14(3-2-4-15(13)16)12-5-8-18-9-6-12;;/h2-6,8-9,13,17H,7,10-11H2,1H3;2*1H/t13-;;/m1../s1. The maximum absolute atomic E-state index is 5.94. The van der Waals surface area contributed by atoms with Gasteiger partial charge < -0.3 is 10.1 Å². The first-order valence-electron chi connectivity index (χ1n) is 6.71. The van der Waals surface area contributed by atoms with Crippen LogP contribution in [0.4, 0.5) is 0 Å². The molecule has 0 saturated heterocycles. The molecule has 1 aromatic heterocycles. The van der Waals surface area contributed by atoms with Crippen LogP contribution in [0.25, 0.3) is 11.1 Å². The summed E-state index contributed by atoms with van der Waals surface area (Å²) in [4.78, 5) is 4.08. The van der Waals surface area contributed by atoms with Crippen molar-refractivity contribution in [3.05, 3.63) is 48.3 Å². The molecule has 1 aliphatic heterocycles. The number of hydrogen-bond acceptors (Lipinski definition) is 3. The molecule has 1 atom stereocenters. The Hall–Kier alpha value is -1.29. The molecule has 3 nitrogen and oxygen atoms in total. The van der Waals surface area contributed by atoms with E-state index in [0.717, 1.165) is 30.9 Å². The predicted octanol–water partition coefficient (Wildman–Crippen LogP) is 3.68. The van der Waals surface area contributed by atoms with Gasteiger partial charge in [0.15, 0.2) is 0 Å². The van der Waals surface area contributed by atoms with Crippen molar-refractivity contribution in [3.63, 3.8) is 0 Å². The number of likely N-dealkylation sites (N-methyl/N-ethyl adjacent to an activating group) is 1. The average Bonchev–Trinajstić information content (AvgIpc) is 2.48. The molecule has 0 saturated carbocycles. The van der Waals surface area contributed by atoms with Gasteiger partial charge in [-0.2, -0.15) is 0 Å². The highest BCUT2D eigenvalue weighted by Gasteiger charge is 2.23. The van der Waals surface area contributed by atoms with E-state index in [4.69, 9.17) is 4.74 Å². The van der Waals surface area contributed by atoms with Gasteiger partial charge in [0.05, 0.1) is 6.61 Å². The van der Waals surface area contributed by atoms with Gasteiger partial charge in [-0.05, 0) is 36.7 Å². The highest BCUT2D eigenvalue weighted by atomic mass is 35.5. The fourth-order valence-corrected chi connectivity index (χ4v) is 2.71. The largest absolute Gasteiger partial charge is 0.493 e. The predicted molar refractivity (Wildman–Crippen MR) is 90.9 cm³/mol. The number of rotatable bonds is 3. The van der Waals surface area contributed by atoms with Gasteiger partial charge in [0.1, 0.15) is 5.75 Å². The summed E-state index contributed by atoms with van der Waals surface area (Å²) in [6.07, 6.45) is 4.72. The third kappa shape index (κ3) is 3.67. The van der Waals surface area contributed by atoms with Crippen molar-refractivity contribution in [2.75, 3.05) is 20.2 Å². The molecule has 0 radical (unpaired) electrons. The van der Waals surface area contributed by atoms with Gasteiger partial charge in [-0.15, -0.1) is 24.8 Å². The van der Waals surface area contributed by atoms with Crippen molar-refractivity contribution in [2.24, 2.45) is 0 Å². The molecule has 1 aromatic carbocycles. The normalized spacial score (nSPS) is 16.0. The molecule has 5 heteroatoms. The van der Waals surface area contributed by atoms with Gasteiger partial charge in [0.2, 0.25) is 0 Å². The zero-order chi connectivity index (χ0) is 13.1. The molecule has 0 bridgehead atoms. The van der Waals surface area contributed by atoms with Crippen LogP contribution in [0.2, 0.25) is 0 Å². The molecule has 0 fully saturated rings. The number of para-hydroxylation sites is 1. The average molecular weight is 327 g/mol. The van der Waals surface area contributed by atoms with Crippen molar-refractivity contribution in [1.82, 2.24) is 10.3 Å². The van der Waals surface area contributed by atoms with Crippen LogP contribution in [0.1, 0.15) is 17.9 Å². The summed E-state index contributed by atoms with van der Waals surface area (Å²) in [5.74, 6) is 1.58. The molecule has 1 aliphatic rings. The van der Waals surface area contributed by atoms with Crippen LogP contribution in [-0.2, 0) is 0 Å². The number of halogens is 2. The molecular weight excluding hydrogens is 307 g/mol. The van der Waals surface area contributed by atoms with Crippen molar-refractivity contribution in [3.8, 4) is 16.9 Å². The number of ether oxygens (including phenoxy) is 1. The lowest BCUT2D eigenvalue weighted by Gasteiger charge is -2.27. The van der Waals surface area contributed by atoms with E-state index in [1.54, 1.807) is 0 Å². The van der Waals surface area contributed by atoms with E-state index in [1.807, 2.05) is 31.6 Å². The Kier molecular flexibility index (Phi) is 6.96. The third-order valence-corrected chi connectivity index (χ3v) is 3.64. The van der Waals surface area contributed by atoms with Gasteiger partial charge in [0, 0.05) is 30.4 Å². The molecule has 114 valence electrons. The minimum absolute atomic E-state index is 0. The maximum atomic E-state index is 5.94. The third-order valence-electron chi connectivity index (χ3n) is 3.64. The molecule has 21 heavy (non-hydrogen) atoms. The summed E-state index contributed by atoms with van der Waals surface area (Å²) in [5.41, 5.74) is 3.65. The van der Waals surface area contributed by atoms with Crippen molar-refractivity contribution < 1.29 is 4.74 Å². The van der Waals surface area contributed by atoms with Crippen molar-refractivity contribution >= 4 is 24.8 Å². The Morgan fingerprint density at radius 2 is 1.95 bits per heavy atom. The second-order valence-electron chi connectivity index (χ2n) is 4.85. The van der Waals surface area contributed by atoms with Crippen LogP contribution in [0.15, 0.2) is 42.7 Å². The summed E-state index contributed by atoms with van der Waals surface area (Å²) >= 11 is 0. The van der Waals surface area contributed by atoms with Crippen LogP contribution in [0.5, 0.6) is 5.75 Å². The first kappa shape index (κ1) is 17.8. The van der Waals surface area contributed by atoms with E-state index in [9.17, 15) is 0 Å². The molecule has 2 aromatic rings. The highest BCUT2D eigenvalue weighted by molar-refractivity contribution is 5.85. The van der Waals surface area contributed by atoms with E-state index < -0.39 is 0 Å². The fourth-order valence-electron chi connectivity index (χ4n) is 2.71. The number of nitrogens with one attached hydrogen (secondary N) is 1. The minimum Gasteiger partial charge on any atom is -0.493 e. The summed E-state index contributed by atoms with van der Waals surface area (Å²) in [7, 11) is 2.00. The zero-order valence-corrected chi connectivity index (χ0v) is 13.5. The highest BCUT2D eigenvalue weighted by Crippen LogP contribution is 2.40. The fraction of sp³-hybridized carbons (Fsp3) is 0.312. The van der Waals surface area contributed by atoms with E-state index in [-0.39, 0.29) is 24.8 Å². The number of aromatic nitrogens is 1. The number of pyridine rings is 1. The summed E-state index contributed by atoms with van der Waals surface area (Å²) in [6.45, 7) is 1.79. The number of nitrogens with zero attached hydrogens (tertiary/aromatic N) is 1. The maximum Gasteiger partial charge on any atom is 0.130 e. The number of benzene rings is 1. The van der Waals surface area contributed by atoms with Gasteiger partial charge in [-0.1, -0.05) is 18.2 Å². The van der Waals surface area contributed by atoms with Gasteiger partial charge >= 0.3 is 0 Å². The molecule has 0 unspecified atom stereocenters. The van der Waals surface area contributed by atoms with Gasteiger partial charge in [0.25, 0.3) is 0 Å². The van der Waals surface area contributed by atoms with Gasteiger partial charge in [-0.3, -0.25) is 4.98 Å². The van der Waals surface area contributed by atoms with Crippen LogP contribution in [-0.4, -0.2) is 25.2 Å². The van der Waals surface area contributed by atoms with E-state index in [0.29, 0.717) is 5.92 Å². The lowest BCUT2D eigenvalue weighted by Crippen LogP contribution is -2.23. The Morgan fingerprint density at radius 3 is 2.67 bits per heavy atom. The topological polar surface area (TPSA) is 34.1 Å². The molecular formula is C16H20Cl2N2O. The molecule has 2 heterocycles. The van der Waals surface area contributed by atoms with Crippen LogP contribution < -0.4 is 10.1 Å². The summed E-state index contributed by atoms with van der Waals surface area (Å²) < 4.78 is 5.94. The Balaban J connectivity index is 0.00000110. The van der Waals surface area contributed by atoms with Crippen molar-refractivity contribution in [2.45, 2.75) is 12.3 Å². The molecule has 1 N–H and O–H groups in total. The SMILES string of the molecule is CNC[C@H]1CCOc2c(-c3ccncc3)cccc21.Cl.Cl. The smallest absolute Gasteiger partial charge is 0.130 e. The molecule has 0 spiro atoms. The lowest BCUT2D eigenvalue weighted by atomic mass is 9.90. The van der Waals surface area contributed by atoms with Crippen LogP contribution in [0.3, 0.4) is 0 Å². The zero-order valence-electron chi connectivity index (χ0n) is 11.9. The van der Waals surface area contributed by atoms with Crippen LogP contribution in [0, 0.1) is 0 Å². The quantitative estimate of drug-likeness (QED) is 0.934. The second-order valence-corrected chi connectivity index (χ2v) is 4.85. The number of fused-ring (bicyclic) bond motifs is 1. The molecule has 0 amide bonds. The van der Waals surface area contributed by atoms with Crippen molar-refractivity contribution in [1.29, 1.82) is 0 Å². The molecule has 3 rings (SSSR count). The number of hydrogen-bond donors (Lipinski definition) is 1. The second kappa shape index (κ2) is 8.23. The first-order valence-corrected chi connectivity index (χ1v) is 6.71. The van der Waals surface area contributed by atoms with Crippen LogP contribution >= 0.6 is 24.8 Å². The summed E-state index contributed by atoms with van der Waals surface area (Å²) in [5, 5.41) is 3.27. The monoisotopic (exact) mass is 326 g/mol. The molecule has 0 aliphatic carbocycles. The van der Waals surface area contributed by atoms with E-state index >= 15 is 0 Å². The van der Waals surface area contributed by atoms with E-state index in [2.05, 4.69) is 28.5 Å². The van der Waals surface area contributed by atoms with E-state index in [1.165, 1.54) is 11.1 Å².